The van der Waals surface area contributed by atoms with E-state index in [9.17, 15) is 18.0 Å². The van der Waals surface area contributed by atoms with Gasteiger partial charge in [0.25, 0.3) is 5.91 Å². The van der Waals surface area contributed by atoms with Crippen LogP contribution in [0.1, 0.15) is 33.7 Å². The predicted octanol–water partition coefficient (Wildman–Crippen LogP) is 4.50. The smallest absolute Gasteiger partial charge is 0.345 e. The van der Waals surface area contributed by atoms with Crippen LogP contribution in [0.3, 0.4) is 0 Å². The average molecular weight is 446 g/mol. The molecule has 0 atom stereocenters. The van der Waals surface area contributed by atoms with Crippen molar-refractivity contribution in [1.29, 1.82) is 0 Å². The minimum atomic E-state index is -4.47. The van der Waals surface area contributed by atoms with E-state index in [2.05, 4.69) is 14.3 Å². The number of nitrogens with zero attached hydrogens (tertiary/aromatic N) is 4. The first-order valence-corrected chi connectivity index (χ1v) is 10.8. The zero-order chi connectivity index (χ0) is 21.8. The van der Waals surface area contributed by atoms with Gasteiger partial charge in [-0.25, -0.2) is 4.98 Å². The molecular formula is C22H21F3N4OS. The minimum absolute atomic E-state index is 0.0596. The molecule has 0 bridgehead atoms. The molecule has 0 N–H and O–H groups in total. The highest BCUT2D eigenvalue weighted by molar-refractivity contribution is 7.09. The zero-order valence-electron chi connectivity index (χ0n) is 16.7. The van der Waals surface area contributed by atoms with Crippen molar-refractivity contribution in [2.45, 2.75) is 19.0 Å². The number of hydrogen-bond acceptors (Lipinski definition) is 5. The molecule has 162 valence electrons. The van der Waals surface area contributed by atoms with Gasteiger partial charge in [0.05, 0.1) is 5.56 Å². The molecule has 1 amide bonds. The van der Waals surface area contributed by atoms with E-state index in [4.69, 9.17) is 0 Å². The third-order valence-electron chi connectivity index (χ3n) is 5.15. The third kappa shape index (κ3) is 5.22. The first-order valence-electron chi connectivity index (χ1n) is 9.98. The summed E-state index contributed by atoms with van der Waals surface area (Å²) in [6.45, 7) is 2.18. The standard InChI is InChI=1S/C22H21F3N4OS/c23-22(24,25)18-9-4-8-17(15-18)20(30)28-10-5-11-29(13-12-28)21-26-19(27-31-21)14-16-6-2-1-3-7-16/h1-4,6-9,15H,5,10-14H2. The summed E-state index contributed by atoms with van der Waals surface area (Å²) < 4.78 is 43.4. The van der Waals surface area contributed by atoms with Crippen molar-refractivity contribution >= 4 is 22.6 Å². The summed E-state index contributed by atoms with van der Waals surface area (Å²) in [4.78, 5) is 21.1. The zero-order valence-corrected chi connectivity index (χ0v) is 17.5. The van der Waals surface area contributed by atoms with E-state index in [1.165, 1.54) is 23.7 Å². The average Bonchev–Trinajstić information content (AvgIpc) is 3.08. The summed E-state index contributed by atoms with van der Waals surface area (Å²) >= 11 is 1.33. The summed E-state index contributed by atoms with van der Waals surface area (Å²) in [6, 6.07) is 14.6. The number of hydrogen-bond donors (Lipinski definition) is 0. The number of halogens is 3. The molecule has 1 aromatic heterocycles. The van der Waals surface area contributed by atoms with E-state index >= 15 is 0 Å². The number of alkyl halides is 3. The third-order valence-corrected chi connectivity index (χ3v) is 5.97. The molecule has 0 unspecified atom stereocenters. The molecule has 1 fully saturated rings. The molecule has 5 nitrogen and oxygen atoms in total. The Kier molecular flexibility index (Phi) is 6.22. The van der Waals surface area contributed by atoms with Gasteiger partial charge in [0.15, 0.2) is 0 Å². The van der Waals surface area contributed by atoms with E-state index < -0.39 is 11.7 Å². The lowest BCUT2D eigenvalue weighted by atomic mass is 10.1. The molecule has 0 aliphatic carbocycles. The van der Waals surface area contributed by atoms with E-state index in [1.54, 1.807) is 4.90 Å². The molecule has 9 heteroatoms. The second-order valence-electron chi connectivity index (χ2n) is 7.37. The number of amides is 1. The Bertz CT molecular complexity index is 1040. The molecular weight excluding hydrogens is 425 g/mol. The van der Waals surface area contributed by atoms with Crippen LogP contribution >= 0.6 is 11.5 Å². The van der Waals surface area contributed by atoms with Gasteiger partial charge in [0.2, 0.25) is 5.13 Å². The normalized spacial score (nSPS) is 15.1. The van der Waals surface area contributed by atoms with E-state index in [0.29, 0.717) is 39.0 Å². The molecule has 0 saturated carbocycles. The van der Waals surface area contributed by atoms with Gasteiger partial charge in [0.1, 0.15) is 5.82 Å². The molecule has 3 aromatic rings. The lowest BCUT2D eigenvalue weighted by Gasteiger charge is -2.22. The number of anilines is 1. The van der Waals surface area contributed by atoms with Crippen molar-refractivity contribution in [2.75, 3.05) is 31.1 Å². The molecule has 1 saturated heterocycles. The van der Waals surface area contributed by atoms with Gasteiger partial charge in [-0.1, -0.05) is 36.4 Å². The van der Waals surface area contributed by atoms with Gasteiger partial charge >= 0.3 is 6.18 Å². The molecule has 1 aliphatic heterocycles. The van der Waals surface area contributed by atoms with Crippen LogP contribution in [0.25, 0.3) is 0 Å². The van der Waals surface area contributed by atoms with Crippen molar-refractivity contribution in [3.63, 3.8) is 0 Å². The fraction of sp³-hybridized carbons (Fsp3) is 0.318. The summed E-state index contributed by atoms with van der Waals surface area (Å²) in [6.07, 6.45) is -3.11. The van der Waals surface area contributed by atoms with E-state index in [0.717, 1.165) is 28.7 Å². The number of rotatable bonds is 4. The second-order valence-corrected chi connectivity index (χ2v) is 8.10. The van der Waals surface area contributed by atoms with Crippen molar-refractivity contribution in [1.82, 2.24) is 14.3 Å². The summed E-state index contributed by atoms with van der Waals surface area (Å²) in [5, 5.41) is 0.805. The Balaban J connectivity index is 1.40. The number of aromatic nitrogens is 2. The fourth-order valence-electron chi connectivity index (χ4n) is 3.55. The van der Waals surface area contributed by atoms with Crippen LogP contribution in [0.15, 0.2) is 54.6 Å². The molecule has 0 spiro atoms. The van der Waals surface area contributed by atoms with Gasteiger partial charge in [0, 0.05) is 49.7 Å². The molecule has 1 aliphatic rings. The van der Waals surface area contributed by atoms with E-state index in [1.807, 2.05) is 30.3 Å². The van der Waals surface area contributed by atoms with E-state index in [-0.39, 0.29) is 11.5 Å². The van der Waals surface area contributed by atoms with Gasteiger partial charge in [-0.2, -0.15) is 17.5 Å². The molecule has 2 heterocycles. The fourth-order valence-corrected chi connectivity index (χ4v) is 4.28. The monoisotopic (exact) mass is 446 g/mol. The first-order chi connectivity index (χ1) is 14.9. The van der Waals surface area contributed by atoms with Gasteiger partial charge in [-0.3, -0.25) is 4.79 Å². The van der Waals surface area contributed by atoms with Crippen molar-refractivity contribution in [3.05, 3.63) is 77.1 Å². The van der Waals surface area contributed by atoms with Crippen LogP contribution in [-0.4, -0.2) is 46.3 Å². The Hall–Kier alpha value is -2.94. The maximum atomic E-state index is 13.0. The lowest BCUT2D eigenvalue weighted by Crippen LogP contribution is -2.35. The van der Waals surface area contributed by atoms with Crippen molar-refractivity contribution in [2.24, 2.45) is 0 Å². The Morgan fingerprint density at radius 2 is 1.81 bits per heavy atom. The van der Waals surface area contributed by atoms with Crippen LogP contribution in [0.5, 0.6) is 0 Å². The Morgan fingerprint density at radius 3 is 2.58 bits per heavy atom. The predicted molar refractivity (Wildman–Crippen MR) is 113 cm³/mol. The number of carbonyl (C=O) groups is 1. The first kappa shape index (κ1) is 21.3. The summed E-state index contributed by atoms with van der Waals surface area (Å²) in [5.74, 6) is 0.377. The Morgan fingerprint density at radius 1 is 1.00 bits per heavy atom. The summed E-state index contributed by atoms with van der Waals surface area (Å²) in [5.41, 5.74) is 0.388. The molecule has 4 rings (SSSR count). The van der Waals surface area contributed by atoms with Crippen LogP contribution in [-0.2, 0) is 12.6 Å². The van der Waals surface area contributed by atoms with Crippen LogP contribution in [0.2, 0.25) is 0 Å². The van der Waals surface area contributed by atoms with Crippen LogP contribution < -0.4 is 4.90 Å². The number of carbonyl (C=O) groups excluding carboxylic acids is 1. The molecule has 31 heavy (non-hydrogen) atoms. The SMILES string of the molecule is O=C(c1cccc(C(F)(F)F)c1)N1CCCN(c2nc(Cc3ccccc3)ns2)CC1. The van der Waals surface area contributed by atoms with Crippen LogP contribution in [0.4, 0.5) is 18.3 Å². The quantitative estimate of drug-likeness (QED) is 0.592. The lowest BCUT2D eigenvalue weighted by molar-refractivity contribution is -0.137. The van der Waals surface area contributed by atoms with Crippen LogP contribution in [0, 0.1) is 0 Å². The van der Waals surface area contributed by atoms with Crippen molar-refractivity contribution < 1.29 is 18.0 Å². The largest absolute Gasteiger partial charge is 0.416 e. The molecule has 2 aromatic carbocycles. The van der Waals surface area contributed by atoms with Crippen molar-refractivity contribution in [3.8, 4) is 0 Å². The maximum Gasteiger partial charge on any atom is 0.416 e. The highest BCUT2D eigenvalue weighted by atomic mass is 32.1. The van der Waals surface area contributed by atoms with Gasteiger partial charge in [-0.05, 0) is 30.2 Å². The Labute approximate surface area is 182 Å². The maximum absolute atomic E-state index is 13.0. The number of benzene rings is 2. The summed E-state index contributed by atoms with van der Waals surface area (Å²) in [7, 11) is 0. The minimum Gasteiger partial charge on any atom is -0.345 e. The van der Waals surface area contributed by atoms with Gasteiger partial charge < -0.3 is 9.80 Å². The second kappa shape index (κ2) is 9.05. The highest BCUT2D eigenvalue weighted by Crippen LogP contribution is 2.30. The van der Waals surface area contributed by atoms with Gasteiger partial charge in [-0.15, -0.1) is 0 Å². The highest BCUT2D eigenvalue weighted by Gasteiger charge is 2.31. The topological polar surface area (TPSA) is 49.3 Å². The molecule has 0 radical (unpaired) electrons.